The molecule has 0 aliphatic heterocycles. The average molecular weight is 214 g/mol. The van der Waals surface area contributed by atoms with Crippen molar-refractivity contribution in [3.05, 3.63) is 0 Å². The maximum atomic E-state index is 11.3. The van der Waals surface area contributed by atoms with Crippen LogP contribution < -0.4 is 0 Å². The second-order valence-electron chi connectivity index (χ2n) is 2.68. The standard InChI is InChI=1S/C7H16ClNO2S/c1-3-6-9(2)12(10,11)7-4-5-8/h3-7H2,1-2H3. The molecule has 0 spiro atoms. The van der Waals surface area contributed by atoms with Crippen LogP contribution >= 0.6 is 11.6 Å². The highest BCUT2D eigenvalue weighted by atomic mass is 35.5. The summed E-state index contributed by atoms with van der Waals surface area (Å²) in [4.78, 5) is 0. The van der Waals surface area contributed by atoms with E-state index in [2.05, 4.69) is 0 Å². The monoisotopic (exact) mass is 213 g/mol. The molecule has 0 N–H and O–H groups in total. The largest absolute Gasteiger partial charge is 0.213 e. The third-order valence-electron chi connectivity index (χ3n) is 1.55. The number of halogens is 1. The Kier molecular flexibility index (Phi) is 5.88. The van der Waals surface area contributed by atoms with Gasteiger partial charge in [0.15, 0.2) is 0 Å². The van der Waals surface area contributed by atoms with Crippen molar-refractivity contribution >= 4 is 21.6 Å². The molecular formula is C7H16ClNO2S. The molecule has 0 amide bonds. The van der Waals surface area contributed by atoms with E-state index in [4.69, 9.17) is 11.6 Å². The Hall–Kier alpha value is 0.200. The van der Waals surface area contributed by atoms with Crippen LogP contribution in [-0.2, 0) is 10.0 Å². The number of rotatable bonds is 6. The SMILES string of the molecule is CCCN(C)S(=O)(=O)CCCCl. The van der Waals surface area contributed by atoms with Gasteiger partial charge in [-0.2, -0.15) is 0 Å². The molecule has 0 unspecified atom stereocenters. The van der Waals surface area contributed by atoms with Crippen molar-refractivity contribution < 1.29 is 8.42 Å². The van der Waals surface area contributed by atoms with Crippen LogP contribution in [-0.4, -0.2) is 37.9 Å². The summed E-state index contributed by atoms with van der Waals surface area (Å²) < 4.78 is 24.1. The Bertz CT molecular complexity index is 203. The van der Waals surface area contributed by atoms with Crippen LogP contribution in [0.25, 0.3) is 0 Å². The van der Waals surface area contributed by atoms with Crippen molar-refractivity contribution in [1.82, 2.24) is 4.31 Å². The van der Waals surface area contributed by atoms with Gasteiger partial charge in [0, 0.05) is 19.5 Å². The summed E-state index contributed by atoms with van der Waals surface area (Å²) in [7, 11) is -1.43. The zero-order chi connectivity index (χ0) is 9.61. The molecule has 12 heavy (non-hydrogen) atoms. The van der Waals surface area contributed by atoms with Crippen molar-refractivity contribution in [2.24, 2.45) is 0 Å². The molecule has 0 heterocycles. The van der Waals surface area contributed by atoms with E-state index in [1.807, 2.05) is 6.92 Å². The molecule has 74 valence electrons. The van der Waals surface area contributed by atoms with Crippen LogP contribution in [0.5, 0.6) is 0 Å². The topological polar surface area (TPSA) is 37.4 Å². The molecule has 0 radical (unpaired) electrons. The molecule has 0 saturated carbocycles. The normalized spacial score (nSPS) is 12.3. The van der Waals surface area contributed by atoms with E-state index in [0.717, 1.165) is 6.42 Å². The van der Waals surface area contributed by atoms with Gasteiger partial charge in [-0.25, -0.2) is 12.7 Å². The molecule has 0 aromatic carbocycles. The highest BCUT2D eigenvalue weighted by Crippen LogP contribution is 2.01. The third-order valence-corrected chi connectivity index (χ3v) is 3.75. The highest BCUT2D eigenvalue weighted by Gasteiger charge is 2.15. The number of hydrogen-bond acceptors (Lipinski definition) is 2. The molecule has 5 heteroatoms. The fourth-order valence-corrected chi connectivity index (χ4v) is 2.42. The number of sulfonamides is 1. The second kappa shape index (κ2) is 5.78. The molecule has 0 atom stereocenters. The summed E-state index contributed by atoms with van der Waals surface area (Å²) in [5.74, 6) is 0.562. The van der Waals surface area contributed by atoms with Gasteiger partial charge in [-0.3, -0.25) is 0 Å². The summed E-state index contributed by atoms with van der Waals surface area (Å²) in [6.45, 7) is 2.54. The first kappa shape index (κ1) is 12.2. The van der Waals surface area contributed by atoms with Gasteiger partial charge in [0.1, 0.15) is 0 Å². The Morgan fingerprint density at radius 3 is 2.42 bits per heavy atom. The van der Waals surface area contributed by atoms with Gasteiger partial charge in [-0.15, -0.1) is 11.6 Å². The van der Waals surface area contributed by atoms with E-state index in [9.17, 15) is 8.42 Å². The van der Waals surface area contributed by atoms with Crippen molar-refractivity contribution in [2.75, 3.05) is 25.2 Å². The smallest absolute Gasteiger partial charge is 0.212 e. The molecule has 0 saturated heterocycles. The summed E-state index contributed by atoms with van der Waals surface area (Å²) in [6.07, 6.45) is 1.37. The molecule has 0 aromatic rings. The molecule has 0 aliphatic carbocycles. The Labute approximate surface area is 79.8 Å². The van der Waals surface area contributed by atoms with Gasteiger partial charge < -0.3 is 0 Å². The summed E-state index contributed by atoms with van der Waals surface area (Å²) in [5.41, 5.74) is 0. The van der Waals surface area contributed by atoms with Gasteiger partial charge in [-0.05, 0) is 12.8 Å². The summed E-state index contributed by atoms with van der Waals surface area (Å²) in [6, 6.07) is 0. The first-order chi connectivity index (χ1) is 5.54. The number of nitrogens with zero attached hydrogens (tertiary/aromatic N) is 1. The van der Waals surface area contributed by atoms with E-state index in [0.29, 0.717) is 18.8 Å². The Morgan fingerprint density at radius 2 is 2.00 bits per heavy atom. The van der Waals surface area contributed by atoms with Gasteiger partial charge in [-0.1, -0.05) is 6.92 Å². The number of alkyl halides is 1. The Morgan fingerprint density at radius 1 is 1.42 bits per heavy atom. The molecule has 0 bridgehead atoms. The number of hydrogen-bond donors (Lipinski definition) is 0. The molecule has 0 rings (SSSR count). The van der Waals surface area contributed by atoms with Crippen LogP contribution in [0.4, 0.5) is 0 Å². The second-order valence-corrected chi connectivity index (χ2v) is 5.25. The zero-order valence-corrected chi connectivity index (χ0v) is 9.16. The lowest BCUT2D eigenvalue weighted by molar-refractivity contribution is 0.468. The minimum absolute atomic E-state index is 0.160. The van der Waals surface area contributed by atoms with Crippen molar-refractivity contribution in [2.45, 2.75) is 19.8 Å². The minimum atomic E-state index is -3.04. The van der Waals surface area contributed by atoms with E-state index in [1.54, 1.807) is 7.05 Å². The predicted molar refractivity (Wildman–Crippen MR) is 52.0 cm³/mol. The molecule has 0 fully saturated rings. The molecule has 3 nitrogen and oxygen atoms in total. The van der Waals surface area contributed by atoms with Gasteiger partial charge >= 0.3 is 0 Å². The minimum Gasteiger partial charge on any atom is -0.212 e. The molecular weight excluding hydrogens is 198 g/mol. The maximum absolute atomic E-state index is 11.3. The zero-order valence-electron chi connectivity index (χ0n) is 7.59. The lowest BCUT2D eigenvalue weighted by Crippen LogP contribution is -2.30. The van der Waals surface area contributed by atoms with E-state index in [-0.39, 0.29) is 5.75 Å². The highest BCUT2D eigenvalue weighted by molar-refractivity contribution is 7.89. The predicted octanol–water partition coefficient (Wildman–Crippen LogP) is 1.29. The maximum Gasteiger partial charge on any atom is 0.213 e. The van der Waals surface area contributed by atoms with E-state index < -0.39 is 10.0 Å². The van der Waals surface area contributed by atoms with E-state index in [1.165, 1.54) is 4.31 Å². The van der Waals surface area contributed by atoms with Gasteiger partial charge in [0.2, 0.25) is 10.0 Å². The molecule has 0 aliphatic rings. The van der Waals surface area contributed by atoms with Gasteiger partial charge in [0.25, 0.3) is 0 Å². The van der Waals surface area contributed by atoms with Crippen molar-refractivity contribution in [3.63, 3.8) is 0 Å². The van der Waals surface area contributed by atoms with Crippen LogP contribution in [0.1, 0.15) is 19.8 Å². The Balaban J connectivity index is 4.01. The van der Waals surface area contributed by atoms with Crippen LogP contribution in [0, 0.1) is 0 Å². The van der Waals surface area contributed by atoms with Crippen LogP contribution in [0.15, 0.2) is 0 Å². The molecule has 0 aromatic heterocycles. The summed E-state index contributed by atoms with van der Waals surface area (Å²) in [5, 5.41) is 0. The fraction of sp³-hybridized carbons (Fsp3) is 1.00. The van der Waals surface area contributed by atoms with E-state index >= 15 is 0 Å². The van der Waals surface area contributed by atoms with Crippen LogP contribution in [0.3, 0.4) is 0 Å². The third kappa shape index (κ3) is 4.28. The first-order valence-corrected chi connectivity index (χ1v) is 6.19. The van der Waals surface area contributed by atoms with Crippen LogP contribution in [0.2, 0.25) is 0 Å². The van der Waals surface area contributed by atoms with Crippen molar-refractivity contribution in [1.29, 1.82) is 0 Å². The average Bonchev–Trinajstić information content (AvgIpc) is 2.01. The van der Waals surface area contributed by atoms with Crippen molar-refractivity contribution in [3.8, 4) is 0 Å². The summed E-state index contributed by atoms with van der Waals surface area (Å²) >= 11 is 5.41. The van der Waals surface area contributed by atoms with Gasteiger partial charge in [0.05, 0.1) is 5.75 Å². The fourth-order valence-electron chi connectivity index (χ4n) is 0.847. The lowest BCUT2D eigenvalue weighted by atomic mass is 10.5. The quantitative estimate of drug-likeness (QED) is 0.624. The first-order valence-electron chi connectivity index (χ1n) is 4.04. The lowest BCUT2D eigenvalue weighted by Gasteiger charge is -2.15.